The first-order chi connectivity index (χ1) is 16.5. The predicted molar refractivity (Wildman–Crippen MR) is 134 cm³/mol. The molecule has 0 aliphatic rings. The number of rotatable bonds is 6. The maximum absolute atomic E-state index is 13.2. The number of benzene rings is 1. The molecule has 0 fully saturated rings. The number of hydrogen-bond donors (Lipinski definition) is 1. The quantitative estimate of drug-likeness (QED) is 0.421. The summed E-state index contributed by atoms with van der Waals surface area (Å²) in [6.07, 6.45) is 8.44. The van der Waals surface area contributed by atoms with Crippen LogP contribution in [0.25, 0.3) is 16.6 Å². The second-order valence-electron chi connectivity index (χ2n) is 6.65. The van der Waals surface area contributed by atoms with Gasteiger partial charge in [0, 0.05) is 24.0 Å². The van der Waals surface area contributed by atoms with Crippen LogP contribution < -0.4 is 5.32 Å². The first-order valence-electron chi connectivity index (χ1n) is 11.3. The van der Waals surface area contributed by atoms with E-state index in [4.69, 9.17) is 0 Å². The maximum Gasteiger partial charge on any atom is 0.254 e. The Morgan fingerprint density at radius 1 is 1.09 bits per heavy atom. The Hall–Kier alpha value is -3.40. The Balaban J connectivity index is 0.000000970. The van der Waals surface area contributed by atoms with Crippen LogP contribution in [0, 0.1) is 5.82 Å². The van der Waals surface area contributed by atoms with Gasteiger partial charge < -0.3 is 5.32 Å². The highest BCUT2D eigenvalue weighted by atomic mass is 32.2. The second kappa shape index (κ2) is 12.7. The first kappa shape index (κ1) is 26.8. The minimum Gasteiger partial charge on any atom is -0.344 e. The third-order valence-electron chi connectivity index (χ3n) is 4.73. The maximum atomic E-state index is 13.2. The van der Waals surface area contributed by atoms with E-state index >= 15 is 0 Å². The van der Waals surface area contributed by atoms with Crippen molar-refractivity contribution >= 4 is 27.8 Å². The standard InChI is InChI=1S/C20H19FN6O2S.2C2H6/c1-3-17(18-8-9-26(25-18)30(2)29)24-20(28)16-10-22-12-19-15(16)11-23-27(19)14-6-4-13(21)5-7-14;2*1-2/h4-12,17H,3H2,1-2H3,(H,24,28);2*1-2H3. The summed E-state index contributed by atoms with van der Waals surface area (Å²) in [5.74, 6) is -0.654. The Labute approximate surface area is 201 Å². The number of halogens is 1. The predicted octanol–water partition coefficient (Wildman–Crippen LogP) is 4.83. The van der Waals surface area contributed by atoms with E-state index in [0.29, 0.717) is 34.3 Å². The highest BCUT2D eigenvalue weighted by Gasteiger charge is 2.20. The van der Waals surface area contributed by atoms with Gasteiger partial charge in [-0.2, -0.15) is 14.3 Å². The van der Waals surface area contributed by atoms with Gasteiger partial charge in [0.2, 0.25) is 0 Å². The van der Waals surface area contributed by atoms with E-state index in [0.717, 1.165) is 0 Å². The fraction of sp³-hybridized carbons (Fsp3) is 0.333. The largest absolute Gasteiger partial charge is 0.344 e. The van der Waals surface area contributed by atoms with Crippen molar-refractivity contribution in [1.29, 1.82) is 0 Å². The molecule has 2 atom stereocenters. The van der Waals surface area contributed by atoms with Gasteiger partial charge >= 0.3 is 0 Å². The SMILES string of the molecule is CC.CC.CCC(NC(=O)c1cncc2c1cnn2-c1ccc(F)cc1)c1ccn(S(C)=O)n1. The average molecular weight is 487 g/mol. The molecule has 0 aliphatic carbocycles. The van der Waals surface area contributed by atoms with Crippen molar-refractivity contribution in [3.63, 3.8) is 0 Å². The molecule has 4 aromatic rings. The third-order valence-corrected chi connectivity index (χ3v) is 5.46. The smallest absolute Gasteiger partial charge is 0.254 e. The lowest BCUT2D eigenvalue weighted by atomic mass is 10.1. The zero-order valence-electron chi connectivity index (χ0n) is 20.3. The summed E-state index contributed by atoms with van der Waals surface area (Å²) in [5, 5.41) is 12.2. The number of hydrogen-bond acceptors (Lipinski definition) is 5. The fourth-order valence-electron chi connectivity index (χ4n) is 3.18. The number of fused-ring (bicyclic) bond motifs is 1. The molecule has 3 aromatic heterocycles. The lowest BCUT2D eigenvalue weighted by Gasteiger charge is -2.15. The van der Waals surface area contributed by atoms with Gasteiger partial charge in [0.15, 0.2) is 0 Å². The van der Waals surface area contributed by atoms with Crippen LogP contribution in [0.15, 0.2) is 55.1 Å². The van der Waals surface area contributed by atoms with Crippen LogP contribution in [0.4, 0.5) is 4.39 Å². The normalized spacial score (nSPS) is 12.1. The number of pyridine rings is 1. The Morgan fingerprint density at radius 2 is 1.76 bits per heavy atom. The summed E-state index contributed by atoms with van der Waals surface area (Å²) in [5.41, 5.74) is 2.30. The number of carbonyl (C=O) groups excluding carboxylic acids is 1. The molecule has 1 aromatic carbocycles. The highest BCUT2D eigenvalue weighted by Crippen LogP contribution is 2.22. The summed E-state index contributed by atoms with van der Waals surface area (Å²) >= 11 is 0. The minimum atomic E-state index is -1.26. The molecule has 182 valence electrons. The van der Waals surface area contributed by atoms with Crippen molar-refractivity contribution in [1.82, 2.24) is 29.3 Å². The molecule has 1 amide bonds. The highest BCUT2D eigenvalue weighted by molar-refractivity contribution is 7.82. The number of carbonyl (C=O) groups is 1. The molecule has 1 N–H and O–H groups in total. The monoisotopic (exact) mass is 486 g/mol. The summed E-state index contributed by atoms with van der Waals surface area (Å²) in [4.78, 5) is 17.2. The summed E-state index contributed by atoms with van der Waals surface area (Å²) < 4.78 is 27.8. The Morgan fingerprint density at radius 3 is 2.35 bits per heavy atom. The summed E-state index contributed by atoms with van der Waals surface area (Å²) in [7, 11) is -1.26. The van der Waals surface area contributed by atoms with Gasteiger partial charge in [0.05, 0.1) is 40.9 Å². The summed E-state index contributed by atoms with van der Waals surface area (Å²) in [6.45, 7) is 9.93. The molecule has 3 heterocycles. The molecule has 0 saturated heterocycles. The van der Waals surface area contributed by atoms with Gasteiger partial charge in [-0.1, -0.05) is 34.6 Å². The van der Waals surface area contributed by atoms with Crippen LogP contribution in [-0.2, 0) is 11.0 Å². The van der Waals surface area contributed by atoms with Gasteiger partial charge in [-0.3, -0.25) is 9.78 Å². The van der Waals surface area contributed by atoms with Crippen LogP contribution >= 0.6 is 0 Å². The van der Waals surface area contributed by atoms with Gasteiger partial charge in [0.1, 0.15) is 16.8 Å². The molecule has 4 rings (SSSR count). The molecule has 2 unspecified atom stereocenters. The van der Waals surface area contributed by atoms with E-state index in [9.17, 15) is 13.4 Å². The number of amides is 1. The van der Waals surface area contributed by atoms with Crippen LogP contribution in [-0.4, -0.2) is 40.3 Å². The van der Waals surface area contributed by atoms with E-state index in [1.807, 2.05) is 34.6 Å². The lowest BCUT2D eigenvalue weighted by molar-refractivity contribution is 0.0936. The molecule has 0 bridgehead atoms. The zero-order valence-corrected chi connectivity index (χ0v) is 21.1. The zero-order chi connectivity index (χ0) is 25.3. The Bertz CT molecular complexity index is 1240. The van der Waals surface area contributed by atoms with Crippen molar-refractivity contribution in [2.24, 2.45) is 0 Å². The van der Waals surface area contributed by atoms with Crippen molar-refractivity contribution in [2.75, 3.05) is 6.26 Å². The molecule has 8 nitrogen and oxygen atoms in total. The van der Waals surface area contributed by atoms with Crippen LogP contribution in [0.5, 0.6) is 0 Å². The molecule has 0 spiro atoms. The van der Waals surface area contributed by atoms with Gasteiger partial charge in [-0.25, -0.2) is 13.3 Å². The number of nitrogens with one attached hydrogen (secondary N) is 1. The van der Waals surface area contributed by atoms with Crippen molar-refractivity contribution in [3.05, 3.63) is 72.2 Å². The average Bonchev–Trinajstić information content (AvgIpc) is 3.53. The van der Waals surface area contributed by atoms with Crippen molar-refractivity contribution in [3.8, 4) is 5.69 Å². The molecule has 0 saturated carbocycles. The van der Waals surface area contributed by atoms with Crippen molar-refractivity contribution < 1.29 is 13.4 Å². The minimum absolute atomic E-state index is 0.314. The first-order valence-corrected chi connectivity index (χ1v) is 12.8. The topological polar surface area (TPSA) is 94.7 Å². The number of aromatic nitrogens is 5. The molecule has 34 heavy (non-hydrogen) atoms. The number of nitrogens with zero attached hydrogens (tertiary/aromatic N) is 5. The molecule has 10 heteroatoms. The van der Waals surface area contributed by atoms with Crippen LogP contribution in [0.1, 0.15) is 63.1 Å². The molecule has 0 aliphatic heterocycles. The summed E-state index contributed by atoms with van der Waals surface area (Å²) in [6, 6.07) is 7.30. The second-order valence-corrected chi connectivity index (χ2v) is 7.88. The third kappa shape index (κ3) is 5.93. The molecule has 0 radical (unpaired) electrons. The van der Waals surface area contributed by atoms with Crippen LogP contribution in [0.2, 0.25) is 0 Å². The van der Waals surface area contributed by atoms with E-state index < -0.39 is 11.0 Å². The molecular weight excluding hydrogens is 455 g/mol. The van der Waals surface area contributed by atoms with E-state index in [2.05, 4.69) is 20.5 Å². The van der Waals surface area contributed by atoms with Gasteiger partial charge in [-0.15, -0.1) is 0 Å². The van der Waals surface area contributed by atoms with Crippen LogP contribution in [0.3, 0.4) is 0 Å². The fourth-order valence-corrected chi connectivity index (χ4v) is 3.62. The van der Waals surface area contributed by atoms with Gasteiger partial charge in [-0.05, 0) is 36.8 Å². The lowest BCUT2D eigenvalue weighted by Crippen LogP contribution is -2.29. The van der Waals surface area contributed by atoms with Crippen molar-refractivity contribution in [2.45, 2.75) is 47.1 Å². The van der Waals surface area contributed by atoms with E-state index in [-0.39, 0.29) is 17.8 Å². The van der Waals surface area contributed by atoms with E-state index in [1.165, 1.54) is 28.7 Å². The molecular formula is C24H31FN6O2S. The Kier molecular flexibility index (Phi) is 10.1. The van der Waals surface area contributed by atoms with Gasteiger partial charge in [0.25, 0.3) is 5.91 Å². The van der Waals surface area contributed by atoms with E-state index in [1.54, 1.807) is 41.5 Å².